The van der Waals surface area contributed by atoms with Gasteiger partial charge in [0.25, 0.3) is 0 Å². The smallest absolute Gasteiger partial charge is 0.319 e. The Morgan fingerprint density at radius 1 is 0.440 bits per heavy atom. The minimum atomic E-state index is -3.81. The van der Waals surface area contributed by atoms with Gasteiger partial charge in [0.2, 0.25) is 0 Å². The lowest BCUT2D eigenvalue weighted by Gasteiger charge is -2.01. The second kappa shape index (κ2) is 21.4. The fourth-order valence-electron chi connectivity index (χ4n) is 2.09. The quantitative estimate of drug-likeness (QED) is 0.194. The summed E-state index contributed by atoms with van der Waals surface area (Å²) in [6.07, 6.45) is 18.9. The molecule has 0 fully saturated rings. The van der Waals surface area contributed by atoms with Crippen LogP contribution >= 0.6 is 13.4 Å². The lowest BCUT2D eigenvalue weighted by molar-refractivity contribution is 0.361. The topological polar surface area (TPSA) is 121 Å². The highest BCUT2D eigenvalue weighted by atomic mass is 32.5. The fourth-order valence-corrected chi connectivity index (χ4v) is 2.09. The van der Waals surface area contributed by atoms with Crippen molar-refractivity contribution in [1.82, 2.24) is 0 Å². The summed E-state index contributed by atoms with van der Waals surface area (Å²) in [6.45, 7) is -3.04. The zero-order valence-electron chi connectivity index (χ0n) is 15.6. The van der Waals surface area contributed by atoms with E-state index in [1.807, 2.05) is 0 Å². The number of hydrogen-bond acceptors (Lipinski definition) is 2. The molecule has 0 aromatic heterocycles. The average Bonchev–Trinajstić information content (AvgIpc) is 2.41. The van der Waals surface area contributed by atoms with E-state index in [2.05, 4.69) is 37.5 Å². The lowest BCUT2D eigenvalue weighted by Crippen LogP contribution is -1.82. The van der Waals surface area contributed by atoms with Crippen molar-refractivity contribution >= 4 is 37.1 Å². The van der Waals surface area contributed by atoms with Crippen molar-refractivity contribution in [2.24, 2.45) is 0 Å². The SMILES string of the molecule is CCCCCCCCCCCCCCC.OP(O)(O)=S.OP(O)(O)=S. The molecule has 10 heteroatoms. The molecule has 0 bridgehead atoms. The number of hydrogen-bond donors (Lipinski definition) is 6. The van der Waals surface area contributed by atoms with Crippen LogP contribution in [0.4, 0.5) is 0 Å². The summed E-state index contributed by atoms with van der Waals surface area (Å²) in [4.78, 5) is 45.3. The third kappa shape index (κ3) is 78.1. The van der Waals surface area contributed by atoms with E-state index in [0.29, 0.717) is 0 Å². The maximum Gasteiger partial charge on any atom is 0.319 e. The van der Waals surface area contributed by atoms with Gasteiger partial charge in [-0.25, -0.2) is 0 Å². The first-order valence-corrected chi connectivity index (χ1v) is 14.3. The molecule has 0 rings (SSSR count). The second-order valence-corrected chi connectivity index (χ2v) is 10.9. The van der Waals surface area contributed by atoms with Gasteiger partial charge in [-0.15, -0.1) is 0 Å². The minimum absolute atomic E-state index is 1.37. The van der Waals surface area contributed by atoms with Crippen LogP contribution in [0.1, 0.15) is 97.3 Å². The molecule has 156 valence electrons. The Morgan fingerprint density at radius 2 is 0.560 bits per heavy atom. The molecule has 0 saturated heterocycles. The summed E-state index contributed by atoms with van der Waals surface area (Å²) in [6, 6.07) is 0. The molecule has 0 aliphatic carbocycles. The molecule has 0 heterocycles. The predicted octanol–water partition coefficient (Wildman–Crippen LogP) is 4.47. The molecule has 0 aromatic rings. The van der Waals surface area contributed by atoms with Crippen molar-refractivity contribution in [2.75, 3.05) is 0 Å². The van der Waals surface area contributed by atoms with Gasteiger partial charge in [-0.3, -0.25) is 0 Å². The van der Waals surface area contributed by atoms with Crippen molar-refractivity contribution in [3.8, 4) is 0 Å². The van der Waals surface area contributed by atoms with Crippen LogP contribution in [0.2, 0.25) is 0 Å². The summed E-state index contributed by atoms with van der Waals surface area (Å²) in [5, 5.41) is 0. The maximum atomic E-state index is 7.56. The van der Waals surface area contributed by atoms with Crippen LogP contribution in [0.15, 0.2) is 0 Å². The van der Waals surface area contributed by atoms with Crippen LogP contribution in [-0.2, 0) is 23.6 Å². The van der Waals surface area contributed by atoms with Crippen molar-refractivity contribution in [3.63, 3.8) is 0 Å². The van der Waals surface area contributed by atoms with Crippen molar-refractivity contribution in [3.05, 3.63) is 0 Å². The molecule has 6 N–H and O–H groups in total. The third-order valence-corrected chi connectivity index (χ3v) is 3.21. The van der Waals surface area contributed by atoms with Gasteiger partial charge in [0.1, 0.15) is 0 Å². The van der Waals surface area contributed by atoms with E-state index in [1.165, 1.54) is 83.5 Å². The molecule has 0 saturated carbocycles. The summed E-state index contributed by atoms with van der Waals surface area (Å²) in [5.41, 5.74) is 0. The van der Waals surface area contributed by atoms with Crippen LogP contribution in [-0.4, -0.2) is 29.4 Å². The van der Waals surface area contributed by atoms with Crippen LogP contribution in [0, 0.1) is 0 Å². The summed E-state index contributed by atoms with van der Waals surface area (Å²) >= 11 is 7.21. The van der Waals surface area contributed by atoms with Gasteiger partial charge in [-0.05, 0) is 23.6 Å². The van der Waals surface area contributed by atoms with Gasteiger partial charge in [0.15, 0.2) is 0 Å². The molecule has 0 aromatic carbocycles. The Hall–Kier alpha value is 1.06. The third-order valence-electron chi connectivity index (χ3n) is 3.21. The Labute approximate surface area is 163 Å². The van der Waals surface area contributed by atoms with E-state index in [4.69, 9.17) is 29.4 Å². The molecule has 0 aliphatic rings. The van der Waals surface area contributed by atoms with Gasteiger partial charge < -0.3 is 29.4 Å². The van der Waals surface area contributed by atoms with E-state index in [9.17, 15) is 0 Å². The lowest BCUT2D eigenvalue weighted by atomic mass is 10.1. The molecule has 0 aliphatic heterocycles. The molecule has 0 atom stereocenters. The zero-order chi connectivity index (χ0) is 20.2. The first kappa shape index (κ1) is 30.8. The maximum absolute atomic E-state index is 7.56. The van der Waals surface area contributed by atoms with Gasteiger partial charge >= 0.3 is 13.4 Å². The molecule has 0 unspecified atom stereocenters. The summed E-state index contributed by atoms with van der Waals surface area (Å²) in [7, 11) is 0. The molecule has 0 amide bonds. The molecular weight excluding hydrogens is 402 g/mol. The highest BCUT2D eigenvalue weighted by Gasteiger charge is 1.93. The molecular formula is C15H38O6P2S2. The molecule has 0 spiro atoms. The highest BCUT2D eigenvalue weighted by Crippen LogP contribution is 2.27. The normalized spacial score (nSPS) is 11.2. The van der Waals surface area contributed by atoms with E-state index in [0.717, 1.165) is 0 Å². The van der Waals surface area contributed by atoms with Crippen LogP contribution < -0.4 is 0 Å². The van der Waals surface area contributed by atoms with Gasteiger partial charge in [0.05, 0.1) is 0 Å². The zero-order valence-corrected chi connectivity index (χ0v) is 19.0. The Balaban J connectivity index is -0.000000396. The standard InChI is InChI=1S/C15H32.2H3O3PS/c1-3-5-7-9-11-13-15-14-12-10-8-6-4-2;2*1-4(2,3)5/h3-15H2,1-2H3;2*(H3,1,2,3,5). The first-order chi connectivity index (χ1) is 11.4. The highest BCUT2D eigenvalue weighted by molar-refractivity contribution is 8.06. The van der Waals surface area contributed by atoms with Crippen LogP contribution in [0.25, 0.3) is 0 Å². The van der Waals surface area contributed by atoms with E-state index >= 15 is 0 Å². The first-order valence-electron chi connectivity index (χ1n) is 8.98. The molecule has 25 heavy (non-hydrogen) atoms. The van der Waals surface area contributed by atoms with E-state index in [-0.39, 0.29) is 0 Å². The van der Waals surface area contributed by atoms with Gasteiger partial charge in [0, 0.05) is 0 Å². The monoisotopic (exact) mass is 440 g/mol. The van der Waals surface area contributed by atoms with Crippen molar-refractivity contribution in [1.29, 1.82) is 0 Å². The molecule has 6 nitrogen and oxygen atoms in total. The Bertz CT molecular complexity index is 298. The number of rotatable bonds is 12. The summed E-state index contributed by atoms with van der Waals surface area (Å²) < 4.78 is 0. The predicted molar refractivity (Wildman–Crippen MR) is 113 cm³/mol. The Kier molecular flexibility index (Phi) is 26.3. The average molecular weight is 441 g/mol. The van der Waals surface area contributed by atoms with Crippen LogP contribution in [0.5, 0.6) is 0 Å². The van der Waals surface area contributed by atoms with Gasteiger partial charge in [-0.1, -0.05) is 97.3 Å². The Morgan fingerprint density at radius 3 is 0.680 bits per heavy atom. The number of unbranched alkanes of at least 4 members (excludes halogenated alkanes) is 12. The second-order valence-electron chi connectivity index (χ2n) is 5.92. The fraction of sp³-hybridized carbons (Fsp3) is 1.00. The van der Waals surface area contributed by atoms with E-state index in [1.54, 1.807) is 0 Å². The minimum Gasteiger partial charge on any atom is -0.325 e. The largest absolute Gasteiger partial charge is 0.325 e. The van der Waals surface area contributed by atoms with Crippen LogP contribution in [0.3, 0.4) is 0 Å². The van der Waals surface area contributed by atoms with Gasteiger partial charge in [-0.2, -0.15) is 0 Å². The van der Waals surface area contributed by atoms with Crippen molar-refractivity contribution in [2.45, 2.75) is 97.3 Å². The van der Waals surface area contributed by atoms with E-state index < -0.39 is 13.4 Å². The van der Waals surface area contributed by atoms with Crippen molar-refractivity contribution < 1.29 is 29.4 Å². The molecule has 0 radical (unpaired) electrons. The summed E-state index contributed by atoms with van der Waals surface area (Å²) in [5.74, 6) is 0.